The zero-order chi connectivity index (χ0) is 21.3. The van der Waals surface area contributed by atoms with E-state index in [9.17, 15) is 14.4 Å². The molecule has 1 saturated heterocycles. The van der Waals surface area contributed by atoms with Crippen molar-refractivity contribution in [1.29, 1.82) is 0 Å². The number of imide groups is 1. The van der Waals surface area contributed by atoms with E-state index >= 15 is 0 Å². The maximum absolute atomic E-state index is 12.8. The summed E-state index contributed by atoms with van der Waals surface area (Å²) in [4.78, 5) is 41.8. The molecule has 1 atom stereocenters. The summed E-state index contributed by atoms with van der Waals surface area (Å²) in [5, 5.41) is 1.33. The summed E-state index contributed by atoms with van der Waals surface area (Å²) in [6.45, 7) is 0. The van der Waals surface area contributed by atoms with Crippen molar-refractivity contribution in [3.63, 3.8) is 0 Å². The molecule has 1 aliphatic rings. The number of fused-ring (bicyclic) bond motifs is 1. The lowest BCUT2D eigenvalue weighted by Crippen LogP contribution is -2.48. The van der Waals surface area contributed by atoms with E-state index in [2.05, 4.69) is 15.8 Å². The topological polar surface area (TPSA) is 104 Å². The molecular formula is C21H19ClN4O4. The zero-order valence-electron chi connectivity index (χ0n) is 16.1. The van der Waals surface area contributed by atoms with Gasteiger partial charge in [-0.2, -0.15) is 0 Å². The van der Waals surface area contributed by atoms with Gasteiger partial charge < -0.3 is 9.72 Å². The Kier molecular flexibility index (Phi) is 5.43. The largest absolute Gasteiger partial charge is 0.495 e. The summed E-state index contributed by atoms with van der Waals surface area (Å²) >= 11 is 6.02. The van der Waals surface area contributed by atoms with E-state index in [0.29, 0.717) is 10.8 Å². The Balaban J connectivity index is 1.42. The van der Waals surface area contributed by atoms with Crippen LogP contribution in [0.15, 0.2) is 48.7 Å². The highest BCUT2D eigenvalue weighted by Crippen LogP contribution is 2.34. The van der Waals surface area contributed by atoms with E-state index in [-0.39, 0.29) is 24.4 Å². The van der Waals surface area contributed by atoms with Crippen LogP contribution in [0.4, 0.5) is 5.69 Å². The number of carbonyl (C=O) groups is 3. The van der Waals surface area contributed by atoms with Gasteiger partial charge in [0.05, 0.1) is 25.6 Å². The van der Waals surface area contributed by atoms with Crippen LogP contribution in [0.2, 0.25) is 5.02 Å². The van der Waals surface area contributed by atoms with E-state index in [1.807, 2.05) is 24.3 Å². The van der Waals surface area contributed by atoms with Gasteiger partial charge >= 0.3 is 0 Å². The number of methoxy groups -OCH3 is 1. The molecule has 4 rings (SSSR count). The molecule has 0 saturated carbocycles. The fourth-order valence-electron chi connectivity index (χ4n) is 3.50. The van der Waals surface area contributed by atoms with E-state index in [1.54, 1.807) is 18.3 Å². The molecule has 1 fully saturated rings. The van der Waals surface area contributed by atoms with Crippen molar-refractivity contribution in [2.45, 2.75) is 18.9 Å². The van der Waals surface area contributed by atoms with Gasteiger partial charge in [-0.05, 0) is 29.8 Å². The highest BCUT2D eigenvalue weighted by atomic mass is 35.5. The highest BCUT2D eigenvalue weighted by Gasteiger charge is 2.41. The molecule has 30 heavy (non-hydrogen) atoms. The van der Waals surface area contributed by atoms with Gasteiger partial charge in [0.2, 0.25) is 11.8 Å². The van der Waals surface area contributed by atoms with Crippen LogP contribution in [0, 0.1) is 0 Å². The first-order valence-corrected chi connectivity index (χ1v) is 9.65. The number of ether oxygens (including phenoxy) is 1. The lowest BCUT2D eigenvalue weighted by atomic mass is 10.1. The SMILES string of the molecule is COc1ccc(Cl)cc1N1C(=O)CC(NNC(=O)Cc2c[nH]c3ccccc23)C1=O. The molecule has 2 aromatic carbocycles. The van der Waals surface area contributed by atoms with Crippen LogP contribution in [0.1, 0.15) is 12.0 Å². The van der Waals surface area contributed by atoms with Crippen molar-refractivity contribution >= 4 is 45.9 Å². The number of hydrazine groups is 1. The summed E-state index contributed by atoms with van der Waals surface area (Å²) in [6.07, 6.45) is 1.81. The van der Waals surface area contributed by atoms with Gasteiger partial charge in [0, 0.05) is 22.1 Å². The number of aromatic nitrogens is 1. The molecule has 3 amide bonds. The van der Waals surface area contributed by atoms with E-state index in [4.69, 9.17) is 16.3 Å². The fourth-order valence-corrected chi connectivity index (χ4v) is 3.66. The number of rotatable bonds is 6. The summed E-state index contributed by atoms with van der Waals surface area (Å²) in [5.41, 5.74) is 7.26. The number of nitrogens with one attached hydrogen (secondary N) is 3. The number of hydrogen-bond donors (Lipinski definition) is 3. The maximum Gasteiger partial charge on any atom is 0.253 e. The fraction of sp³-hybridized carbons (Fsp3) is 0.190. The first-order valence-electron chi connectivity index (χ1n) is 9.27. The molecule has 3 aromatic rings. The van der Waals surface area contributed by atoms with Gasteiger partial charge in [0.25, 0.3) is 5.91 Å². The van der Waals surface area contributed by atoms with Crippen LogP contribution in [0.3, 0.4) is 0 Å². The first kappa shape index (κ1) is 19.9. The van der Waals surface area contributed by atoms with Crippen LogP contribution in [0.25, 0.3) is 10.9 Å². The maximum atomic E-state index is 12.8. The van der Waals surface area contributed by atoms with Crippen molar-refractivity contribution in [2.75, 3.05) is 12.0 Å². The molecule has 1 aliphatic heterocycles. The minimum absolute atomic E-state index is 0.0954. The van der Waals surface area contributed by atoms with Gasteiger partial charge in [-0.3, -0.25) is 19.8 Å². The van der Waals surface area contributed by atoms with Crippen LogP contribution >= 0.6 is 11.6 Å². The van der Waals surface area contributed by atoms with Crippen LogP contribution in [0.5, 0.6) is 5.75 Å². The number of benzene rings is 2. The zero-order valence-corrected chi connectivity index (χ0v) is 16.8. The quantitative estimate of drug-likeness (QED) is 0.414. The Morgan fingerprint density at radius 1 is 1.27 bits per heavy atom. The summed E-state index contributed by atoms with van der Waals surface area (Å²) in [6, 6.07) is 11.5. The molecule has 0 bridgehead atoms. The Morgan fingerprint density at radius 3 is 2.87 bits per heavy atom. The number of nitrogens with zero attached hydrogens (tertiary/aromatic N) is 1. The number of aromatic amines is 1. The number of anilines is 1. The van der Waals surface area contributed by atoms with Crippen molar-refractivity contribution in [3.8, 4) is 5.75 Å². The Hall–Kier alpha value is -3.36. The second-order valence-electron chi connectivity index (χ2n) is 6.87. The van der Waals surface area contributed by atoms with Crippen molar-refractivity contribution in [1.82, 2.24) is 15.8 Å². The number of carbonyl (C=O) groups excluding carboxylic acids is 3. The third-order valence-corrected chi connectivity index (χ3v) is 5.18. The average molecular weight is 427 g/mol. The average Bonchev–Trinajstić information content (AvgIpc) is 3.26. The molecule has 0 aliphatic carbocycles. The van der Waals surface area contributed by atoms with Crippen molar-refractivity contribution in [2.24, 2.45) is 0 Å². The highest BCUT2D eigenvalue weighted by molar-refractivity contribution is 6.31. The van der Waals surface area contributed by atoms with Crippen LogP contribution in [-0.4, -0.2) is 35.9 Å². The number of hydrogen-bond acceptors (Lipinski definition) is 5. The van der Waals surface area contributed by atoms with E-state index in [0.717, 1.165) is 21.4 Å². The molecule has 1 aromatic heterocycles. The molecule has 0 radical (unpaired) electrons. The Morgan fingerprint density at radius 2 is 2.07 bits per heavy atom. The second-order valence-corrected chi connectivity index (χ2v) is 7.31. The molecule has 9 heteroatoms. The normalized spacial score (nSPS) is 16.3. The molecule has 3 N–H and O–H groups in total. The molecule has 154 valence electrons. The first-order chi connectivity index (χ1) is 14.5. The smallest absolute Gasteiger partial charge is 0.253 e. The number of amides is 3. The minimum atomic E-state index is -0.881. The predicted octanol–water partition coefficient (Wildman–Crippen LogP) is 2.33. The summed E-state index contributed by atoms with van der Waals surface area (Å²) in [7, 11) is 1.44. The summed E-state index contributed by atoms with van der Waals surface area (Å²) < 4.78 is 5.24. The van der Waals surface area contributed by atoms with Gasteiger partial charge in [-0.25, -0.2) is 10.3 Å². The molecule has 2 heterocycles. The molecule has 8 nitrogen and oxygen atoms in total. The van der Waals surface area contributed by atoms with Gasteiger partial charge in [-0.15, -0.1) is 0 Å². The monoisotopic (exact) mass is 426 g/mol. The van der Waals surface area contributed by atoms with Gasteiger partial charge in [0.15, 0.2) is 0 Å². The van der Waals surface area contributed by atoms with Crippen molar-refractivity contribution in [3.05, 3.63) is 59.2 Å². The third kappa shape index (κ3) is 3.74. The number of para-hydroxylation sites is 1. The van der Waals surface area contributed by atoms with Gasteiger partial charge in [0.1, 0.15) is 11.8 Å². The third-order valence-electron chi connectivity index (χ3n) is 4.94. The molecular weight excluding hydrogens is 408 g/mol. The second kappa shape index (κ2) is 8.17. The molecule has 1 unspecified atom stereocenters. The Labute approximate surface area is 177 Å². The minimum Gasteiger partial charge on any atom is -0.495 e. The lowest BCUT2D eigenvalue weighted by molar-refractivity contribution is -0.122. The number of H-pyrrole nitrogens is 1. The lowest BCUT2D eigenvalue weighted by Gasteiger charge is -2.18. The van der Waals surface area contributed by atoms with E-state index in [1.165, 1.54) is 13.2 Å². The Bertz CT molecular complexity index is 1140. The van der Waals surface area contributed by atoms with Crippen LogP contribution < -0.4 is 20.5 Å². The summed E-state index contributed by atoms with van der Waals surface area (Å²) in [5.74, 6) is -0.874. The predicted molar refractivity (Wildman–Crippen MR) is 112 cm³/mol. The standard InChI is InChI=1S/C21H19ClN4O4/c1-30-18-7-6-13(22)9-17(18)26-20(28)10-16(21(26)29)24-25-19(27)8-12-11-23-15-5-3-2-4-14(12)15/h2-7,9,11,16,23-24H,8,10H2,1H3,(H,25,27). The van der Waals surface area contributed by atoms with Crippen LogP contribution in [-0.2, 0) is 20.8 Å². The van der Waals surface area contributed by atoms with E-state index < -0.39 is 17.9 Å². The number of halogens is 1. The van der Waals surface area contributed by atoms with Gasteiger partial charge in [-0.1, -0.05) is 29.8 Å². The molecule has 0 spiro atoms. The van der Waals surface area contributed by atoms with Crippen molar-refractivity contribution < 1.29 is 19.1 Å².